The maximum absolute atomic E-state index is 13.9. The van der Waals surface area contributed by atoms with Crippen molar-refractivity contribution in [3.05, 3.63) is 62.8 Å². The molecule has 0 bridgehead atoms. The maximum atomic E-state index is 13.9. The molecule has 1 amide bonds. The van der Waals surface area contributed by atoms with E-state index in [1.54, 1.807) is 33.7 Å². The number of fused-ring (bicyclic) bond motifs is 1. The van der Waals surface area contributed by atoms with E-state index in [1.807, 2.05) is 13.8 Å². The molecule has 0 spiro atoms. The second-order valence-corrected chi connectivity index (χ2v) is 10.3. The molecule has 2 aromatic carbocycles. The van der Waals surface area contributed by atoms with Crippen molar-refractivity contribution < 1.29 is 27.8 Å². The number of piperidine rings is 1. The number of halogens is 2. The fourth-order valence-electron chi connectivity index (χ4n) is 4.84. The molecule has 0 unspecified atom stereocenters. The van der Waals surface area contributed by atoms with Crippen molar-refractivity contribution in [2.75, 3.05) is 40.2 Å². The van der Waals surface area contributed by atoms with Gasteiger partial charge in [0.25, 0.3) is 5.56 Å². The highest BCUT2D eigenvalue weighted by molar-refractivity contribution is 5.80. The van der Waals surface area contributed by atoms with Crippen LogP contribution in [0.2, 0.25) is 0 Å². The van der Waals surface area contributed by atoms with Gasteiger partial charge in [-0.25, -0.2) is 13.6 Å². The van der Waals surface area contributed by atoms with Gasteiger partial charge in [0.15, 0.2) is 17.6 Å². The molecule has 0 saturated carbocycles. The van der Waals surface area contributed by atoms with Gasteiger partial charge in [-0.3, -0.25) is 18.7 Å². The largest absolute Gasteiger partial charge is 0.493 e. The van der Waals surface area contributed by atoms with E-state index >= 15 is 0 Å². The Hall–Kier alpha value is -3.89. The number of ether oxygens (including phenoxy) is 3. The second kappa shape index (κ2) is 13.0. The van der Waals surface area contributed by atoms with Crippen molar-refractivity contribution in [3.8, 4) is 17.2 Å². The van der Waals surface area contributed by atoms with Gasteiger partial charge in [-0.15, -0.1) is 0 Å². The van der Waals surface area contributed by atoms with Crippen LogP contribution in [0.25, 0.3) is 10.9 Å². The van der Waals surface area contributed by atoms with Gasteiger partial charge in [0.05, 0.1) is 31.2 Å². The molecule has 1 aromatic heterocycles. The molecular formula is C29H35F2N3O6. The Balaban J connectivity index is 1.80. The molecular weight excluding hydrogens is 524 g/mol. The molecule has 40 heavy (non-hydrogen) atoms. The van der Waals surface area contributed by atoms with Crippen LogP contribution in [0.15, 0.2) is 46.0 Å². The Morgan fingerprint density at radius 3 is 2.38 bits per heavy atom. The highest BCUT2D eigenvalue weighted by Gasteiger charge is 2.25. The normalized spacial score (nSPS) is 14.2. The number of carbonyl (C=O) groups excluding carboxylic acids is 1. The molecule has 3 aromatic rings. The lowest BCUT2D eigenvalue weighted by Crippen LogP contribution is -2.44. The summed E-state index contributed by atoms with van der Waals surface area (Å²) in [5.41, 5.74) is 0.00977. The van der Waals surface area contributed by atoms with Crippen LogP contribution in [0.1, 0.15) is 38.3 Å². The highest BCUT2D eigenvalue weighted by Crippen LogP contribution is 2.29. The van der Waals surface area contributed by atoms with E-state index in [0.717, 1.165) is 11.0 Å². The van der Waals surface area contributed by atoms with Crippen LogP contribution in [-0.2, 0) is 11.3 Å². The zero-order valence-corrected chi connectivity index (χ0v) is 23.0. The summed E-state index contributed by atoms with van der Waals surface area (Å²) >= 11 is 0. The Morgan fingerprint density at radius 1 is 1.02 bits per heavy atom. The summed E-state index contributed by atoms with van der Waals surface area (Å²) < 4.78 is 45.7. The summed E-state index contributed by atoms with van der Waals surface area (Å²) in [5, 5.41) is 0.190. The van der Waals surface area contributed by atoms with Gasteiger partial charge in [0.2, 0.25) is 6.41 Å². The molecule has 9 nitrogen and oxygen atoms in total. The van der Waals surface area contributed by atoms with Crippen molar-refractivity contribution in [2.45, 2.75) is 45.4 Å². The van der Waals surface area contributed by atoms with Gasteiger partial charge in [0.1, 0.15) is 19.1 Å². The number of amides is 1. The number of alkyl halides is 2. The maximum Gasteiger partial charge on any atom is 0.332 e. The number of likely N-dealkylation sites (tertiary alicyclic amines) is 1. The fourth-order valence-corrected chi connectivity index (χ4v) is 4.84. The van der Waals surface area contributed by atoms with Crippen molar-refractivity contribution in [1.82, 2.24) is 14.0 Å². The van der Waals surface area contributed by atoms with Gasteiger partial charge in [0, 0.05) is 19.1 Å². The molecule has 1 aliphatic rings. The molecule has 1 fully saturated rings. The summed E-state index contributed by atoms with van der Waals surface area (Å²) in [6.07, 6.45) is 0.565. The fraction of sp³-hybridized carbons (Fsp3) is 0.483. The highest BCUT2D eigenvalue weighted by atomic mass is 19.1. The first-order valence-electron chi connectivity index (χ1n) is 13.4. The average molecular weight is 560 g/mol. The Morgan fingerprint density at radius 2 is 1.75 bits per heavy atom. The molecule has 4 rings (SSSR count). The number of methoxy groups -OCH3 is 1. The minimum atomic E-state index is -1.29. The predicted octanol–water partition coefficient (Wildman–Crippen LogP) is 3.73. The van der Waals surface area contributed by atoms with E-state index < -0.39 is 30.7 Å². The molecule has 0 aliphatic carbocycles. The molecule has 0 atom stereocenters. The molecule has 0 N–H and O–H groups in total. The second-order valence-electron chi connectivity index (χ2n) is 10.3. The van der Waals surface area contributed by atoms with Crippen LogP contribution >= 0.6 is 0 Å². The van der Waals surface area contributed by atoms with Gasteiger partial charge in [-0.2, -0.15) is 0 Å². The van der Waals surface area contributed by atoms with Crippen LogP contribution in [-0.4, -0.2) is 66.7 Å². The molecule has 1 saturated heterocycles. The summed E-state index contributed by atoms with van der Waals surface area (Å²) in [4.78, 5) is 40.5. The quantitative estimate of drug-likeness (QED) is 0.314. The minimum Gasteiger partial charge on any atom is -0.493 e. The molecule has 0 radical (unpaired) electrons. The zero-order valence-electron chi connectivity index (χ0n) is 23.0. The van der Waals surface area contributed by atoms with Crippen molar-refractivity contribution in [2.24, 2.45) is 5.92 Å². The van der Waals surface area contributed by atoms with E-state index in [2.05, 4.69) is 0 Å². The minimum absolute atomic E-state index is 0.0374. The third kappa shape index (κ3) is 6.29. The molecule has 1 aliphatic heterocycles. The van der Waals surface area contributed by atoms with Crippen LogP contribution in [0, 0.1) is 5.92 Å². The number of carbonyl (C=O) groups is 1. The third-order valence-corrected chi connectivity index (χ3v) is 6.94. The first kappa shape index (κ1) is 29.1. The number of rotatable bonds is 12. The number of hydrogen-bond donors (Lipinski definition) is 0. The van der Waals surface area contributed by atoms with Crippen LogP contribution < -0.4 is 25.5 Å². The first-order valence-corrected chi connectivity index (χ1v) is 13.4. The van der Waals surface area contributed by atoms with Gasteiger partial charge in [-0.1, -0.05) is 19.9 Å². The first-order chi connectivity index (χ1) is 19.3. The summed E-state index contributed by atoms with van der Waals surface area (Å²) in [5.74, 6) is 1.48. The van der Waals surface area contributed by atoms with Crippen LogP contribution in [0.3, 0.4) is 0 Å². The van der Waals surface area contributed by atoms with Crippen LogP contribution in [0.5, 0.6) is 17.2 Å². The smallest absolute Gasteiger partial charge is 0.332 e. The summed E-state index contributed by atoms with van der Waals surface area (Å²) in [6, 6.07) is 9.49. The molecule has 2 heterocycles. The van der Waals surface area contributed by atoms with E-state index in [0.29, 0.717) is 61.0 Å². The SMILES string of the molecule is COc1cc(Cn2c(=O)c3cc(OC(CF)CF)ccc3n(C3CCN(C=O)CC3)c2=O)ccc1OCC(C)C. The number of benzene rings is 2. The lowest BCUT2D eigenvalue weighted by molar-refractivity contribution is -0.119. The van der Waals surface area contributed by atoms with E-state index in [9.17, 15) is 23.2 Å². The topological polar surface area (TPSA) is 92.0 Å². The van der Waals surface area contributed by atoms with E-state index in [4.69, 9.17) is 14.2 Å². The van der Waals surface area contributed by atoms with Gasteiger partial charge < -0.3 is 19.1 Å². The van der Waals surface area contributed by atoms with E-state index in [1.165, 1.54) is 19.2 Å². The Labute approximate surface area is 230 Å². The van der Waals surface area contributed by atoms with Gasteiger partial charge >= 0.3 is 5.69 Å². The molecule has 11 heteroatoms. The number of hydrogen-bond acceptors (Lipinski definition) is 6. The number of aromatic nitrogens is 2. The van der Waals surface area contributed by atoms with Crippen molar-refractivity contribution in [1.29, 1.82) is 0 Å². The van der Waals surface area contributed by atoms with Crippen LogP contribution in [0.4, 0.5) is 8.78 Å². The summed E-state index contributed by atoms with van der Waals surface area (Å²) in [7, 11) is 1.52. The molecule has 216 valence electrons. The van der Waals surface area contributed by atoms with E-state index in [-0.39, 0.29) is 23.7 Å². The Bertz CT molecular complexity index is 1440. The zero-order chi connectivity index (χ0) is 28.8. The van der Waals surface area contributed by atoms with Crippen molar-refractivity contribution >= 4 is 17.3 Å². The van der Waals surface area contributed by atoms with Gasteiger partial charge in [-0.05, 0) is 54.7 Å². The third-order valence-electron chi connectivity index (χ3n) is 6.94. The summed E-state index contributed by atoms with van der Waals surface area (Å²) in [6.45, 7) is 3.45. The predicted molar refractivity (Wildman–Crippen MR) is 147 cm³/mol. The standard InChI is InChI=1S/C29H35F2N3O6/c1-19(2)17-39-26-7-4-20(12-27(26)38-3)16-33-28(36)24-13-22(40-23(14-30)15-31)5-6-25(24)34(29(33)37)21-8-10-32(18-35)11-9-21/h4-7,12-13,18-19,21,23H,8-11,14-17H2,1-3H3. The average Bonchev–Trinajstić information content (AvgIpc) is 2.97. The lowest BCUT2D eigenvalue weighted by atomic mass is 10.0. The Kier molecular flexibility index (Phi) is 9.44. The lowest BCUT2D eigenvalue weighted by Gasteiger charge is -2.31. The number of nitrogens with zero attached hydrogens (tertiary/aromatic N) is 3. The monoisotopic (exact) mass is 559 g/mol. The van der Waals surface area contributed by atoms with Crippen molar-refractivity contribution in [3.63, 3.8) is 0 Å².